The minimum Gasteiger partial charge on any atom is -0.399 e. The standard InChI is InChI=1S/C11H18N2O2/c1-13(2)10(7-14)11(15)8-3-5-9(12)6-4-8/h3-6,10-11,14-15H,7,12H2,1-2H3/t10-,11-/m1/s1. The lowest BCUT2D eigenvalue weighted by atomic mass is 10.0. The van der Waals surface area contributed by atoms with Crippen LogP contribution in [-0.4, -0.2) is 41.9 Å². The van der Waals surface area contributed by atoms with Gasteiger partial charge >= 0.3 is 0 Å². The fraction of sp³-hybridized carbons (Fsp3) is 0.455. The van der Waals surface area contributed by atoms with Crippen LogP contribution < -0.4 is 5.73 Å². The topological polar surface area (TPSA) is 69.7 Å². The number of aliphatic hydroxyl groups excluding tert-OH is 2. The Labute approximate surface area is 89.9 Å². The average Bonchev–Trinajstić information content (AvgIpc) is 2.19. The Morgan fingerprint density at radius 3 is 2.20 bits per heavy atom. The van der Waals surface area contributed by atoms with Gasteiger partial charge in [0.2, 0.25) is 0 Å². The highest BCUT2D eigenvalue weighted by molar-refractivity contribution is 5.40. The molecule has 1 aromatic rings. The third-order valence-electron chi connectivity index (χ3n) is 2.49. The predicted octanol–water partition coefficient (Wildman–Crippen LogP) is 0.225. The van der Waals surface area contributed by atoms with E-state index in [2.05, 4.69) is 0 Å². The molecule has 0 radical (unpaired) electrons. The third kappa shape index (κ3) is 2.92. The molecular weight excluding hydrogens is 192 g/mol. The number of benzene rings is 1. The lowest BCUT2D eigenvalue weighted by Gasteiger charge is -2.27. The van der Waals surface area contributed by atoms with E-state index in [1.165, 1.54) is 0 Å². The Balaban J connectivity index is 2.82. The maximum atomic E-state index is 10.00. The number of aliphatic hydroxyl groups is 2. The zero-order valence-corrected chi connectivity index (χ0v) is 9.09. The lowest BCUT2D eigenvalue weighted by Crippen LogP contribution is -2.37. The second-order valence-corrected chi connectivity index (χ2v) is 3.83. The van der Waals surface area contributed by atoms with Crippen molar-refractivity contribution in [2.45, 2.75) is 12.1 Å². The third-order valence-corrected chi connectivity index (χ3v) is 2.49. The summed E-state index contributed by atoms with van der Waals surface area (Å²) in [5.41, 5.74) is 6.98. The lowest BCUT2D eigenvalue weighted by molar-refractivity contribution is 0.0390. The highest BCUT2D eigenvalue weighted by Gasteiger charge is 2.21. The molecule has 1 rings (SSSR count). The van der Waals surface area contributed by atoms with Gasteiger partial charge in [0.05, 0.1) is 18.8 Å². The number of nitrogens with two attached hydrogens (primary N) is 1. The zero-order chi connectivity index (χ0) is 11.4. The van der Waals surface area contributed by atoms with Crippen molar-refractivity contribution in [3.05, 3.63) is 29.8 Å². The van der Waals surface area contributed by atoms with Crippen molar-refractivity contribution in [3.63, 3.8) is 0 Å². The fourth-order valence-electron chi connectivity index (χ4n) is 1.46. The summed E-state index contributed by atoms with van der Waals surface area (Å²) in [6, 6.07) is 6.72. The average molecular weight is 210 g/mol. The van der Waals surface area contributed by atoms with Crippen molar-refractivity contribution in [3.8, 4) is 0 Å². The minimum atomic E-state index is -0.703. The molecule has 0 aromatic heterocycles. The summed E-state index contributed by atoms with van der Waals surface area (Å²) in [6.07, 6.45) is -0.703. The molecule has 0 bridgehead atoms. The van der Waals surface area contributed by atoms with Crippen LogP contribution in [0.5, 0.6) is 0 Å². The highest BCUT2D eigenvalue weighted by Crippen LogP contribution is 2.20. The molecule has 4 N–H and O–H groups in total. The predicted molar refractivity (Wildman–Crippen MR) is 60.4 cm³/mol. The molecule has 0 fully saturated rings. The molecule has 0 aliphatic rings. The Bertz CT molecular complexity index is 298. The highest BCUT2D eigenvalue weighted by atomic mass is 16.3. The van der Waals surface area contributed by atoms with Crippen LogP contribution in [0.1, 0.15) is 11.7 Å². The van der Waals surface area contributed by atoms with E-state index in [1.54, 1.807) is 29.2 Å². The number of hydrogen-bond donors (Lipinski definition) is 3. The van der Waals surface area contributed by atoms with Crippen LogP contribution in [-0.2, 0) is 0 Å². The second kappa shape index (κ2) is 5.11. The van der Waals surface area contributed by atoms with Gasteiger partial charge in [-0.2, -0.15) is 0 Å². The van der Waals surface area contributed by atoms with Crippen molar-refractivity contribution >= 4 is 5.69 Å². The van der Waals surface area contributed by atoms with E-state index in [1.807, 2.05) is 14.1 Å². The van der Waals surface area contributed by atoms with E-state index in [-0.39, 0.29) is 12.6 Å². The van der Waals surface area contributed by atoms with Crippen LogP contribution in [0.25, 0.3) is 0 Å². The summed E-state index contributed by atoms with van der Waals surface area (Å²) in [5, 5.41) is 19.2. The monoisotopic (exact) mass is 210 g/mol. The van der Waals surface area contributed by atoms with E-state index in [4.69, 9.17) is 10.8 Å². The molecule has 0 amide bonds. The first-order valence-electron chi connectivity index (χ1n) is 4.87. The van der Waals surface area contributed by atoms with Gasteiger partial charge in [0.25, 0.3) is 0 Å². The van der Waals surface area contributed by atoms with E-state index >= 15 is 0 Å². The van der Waals surface area contributed by atoms with Gasteiger partial charge in [0.1, 0.15) is 0 Å². The number of rotatable bonds is 4. The molecule has 0 aliphatic carbocycles. The van der Waals surface area contributed by atoms with Gasteiger partial charge < -0.3 is 20.8 Å². The van der Waals surface area contributed by atoms with Gasteiger partial charge in [-0.05, 0) is 31.8 Å². The molecule has 1 aromatic carbocycles. The molecular formula is C11H18N2O2. The smallest absolute Gasteiger partial charge is 0.0967 e. The molecule has 0 heterocycles. The largest absolute Gasteiger partial charge is 0.399 e. The van der Waals surface area contributed by atoms with Gasteiger partial charge in [0.15, 0.2) is 0 Å². The van der Waals surface area contributed by atoms with Crippen molar-refractivity contribution in [2.24, 2.45) is 0 Å². The Hall–Kier alpha value is -1.10. The maximum Gasteiger partial charge on any atom is 0.0967 e. The normalized spacial score (nSPS) is 15.3. The van der Waals surface area contributed by atoms with Crippen LogP contribution in [0.4, 0.5) is 5.69 Å². The number of nitrogens with zero attached hydrogens (tertiary/aromatic N) is 1. The first-order valence-corrected chi connectivity index (χ1v) is 4.87. The summed E-state index contributed by atoms with van der Waals surface area (Å²) in [4.78, 5) is 1.79. The van der Waals surface area contributed by atoms with E-state index in [9.17, 15) is 5.11 Å². The molecule has 2 atom stereocenters. The second-order valence-electron chi connectivity index (χ2n) is 3.83. The SMILES string of the molecule is CN(C)[C@H](CO)[C@H](O)c1ccc(N)cc1. The number of nitrogen functional groups attached to an aromatic ring is 1. The van der Waals surface area contributed by atoms with Gasteiger partial charge in [-0.3, -0.25) is 0 Å². The Morgan fingerprint density at radius 2 is 1.80 bits per heavy atom. The van der Waals surface area contributed by atoms with Crippen LogP contribution >= 0.6 is 0 Å². The first-order chi connectivity index (χ1) is 7.06. The molecule has 0 aliphatic heterocycles. The molecule has 0 unspecified atom stereocenters. The Kier molecular flexibility index (Phi) is 4.08. The molecule has 0 saturated carbocycles. The summed E-state index contributed by atoms with van der Waals surface area (Å²) >= 11 is 0. The van der Waals surface area contributed by atoms with Gasteiger partial charge in [-0.15, -0.1) is 0 Å². The van der Waals surface area contributed by atoms with E-state index < -0.39 is 6.10 Å². The molecule has 4 nitrogen and oxygen atoms in total. The summed E-state index contributed by atoms with van der Waals surface area (Å²) < 4.78 is 0. The van der Waals surface area contributed by atoms with Gasteiger partial charge in [0, 0.05) is 5.69 Å². The van der Waals surface area contributed by atoms with Crippen LogP contribution in [0.3, 0.4) is 0 Å². The fourth-order valence-corrected chi connectivity index (χ4v) is 1.46. The van der Waals surface area contributed by atoms with Crippen molar-refractivity contribution < 1.29 is 10.2 Å². The number of likely N-dealkylation sites (N-methyl/N-ethyl adjacent to an activating group) is 1. The van der Waals surface area contributed by atoms with Crippen LogP contribution in [0, 0.1) is 0 Å². The van der Waals surface area contributed by atoms with Crippen molar-refractivity contribution in [1.29, 1.82) is 0 Å². The van der Waals surface area contributed by atoms with Crippen LogP contribution in [0.15, 0.2) is 24.3 Å². The van der Waals surface area contributed by atoms with Crippen LogP contribution in [0.2, 0.25) is 0 Å². The first kappa shape index (κ1) is 12.0. The minimum absolute atomic E-state index is 0.0848. The van der Waals surface area contributed by atoms with Crippen molar-refractivity contribution in [2.75, 3.05) is 26.4 Å². The summed E-state index contributed by atoms with van der Waals surface area (Å²) in [5.74, 6) is 0. The maximum absolute atomic E-state index is 10.00. The molecule has 4 heteroatoms. The van der Waals surface area contributed by atoms with E-state index in [0.717, 1.165) is 5.56 Å². The molecule has 0 saturated heterocycles. The zero-order valence-electron chi connectivity index (χ0n) is 9.09. The summed E-state index contributed by atoms with van der Waals surface area (Å²) in [7, 11) is 3.64. The molecule has 84 valence electrons. The quantitative estimate of drug-likeness (QED) is 0.622. The van der Waals surface area contributed by atoms with E-state index in [0.29, 0.717) is 5.69 Å². The summed E-state index contributed by atoms with van der Waals surface area (Å²) in [6.45, 7) is -0.0848. The molecule has 0 spiro atoms. The van der Waals surface area contributed by atoms with Crippen molar-refractivity contribution in [1.82, 2.24) is 4.90 Å². The number of hydrogen-bond acceptors (Lipinski definition) is 4. The van der Waals surface area contributed by atoms with Gasteiger partial charge in [-0.1, -0.05) is 12.1 Å². The molecule has 15 heavy (non-hydrogen) atoms. The van der Waals surface area contributed by atoms with Gasteiger partial charge in [-0.25, -0.2) is 0 Å². The number of anilines is 1. The Morgan fingerprint density at radius 1 is 1.27 bits per heavy atom.